The predicted molar refractivity (Wildman–Crippen MR) is 85.8 cm³/mol. The number of ether oxygens (including phenoxy) is 1. The normalized spacial score (nSPS) is 11.4. The van der Waals surface area contributed by atoms with Crippen LogP contribution in [-0.2, 0) is 12.0 Å². The van der Waals surface area contributed by atoms with Gasteiger partial charge in [0.2, 0.25) is 0 Å². The van der Waals surface area contributed by atoms with Crippen molar-refractivity contribution in [2.24, 2.45) is 0 Å². The number of benzene rings is 1. The fourth-order valence-electron chi connectivity index (χ4n) is 1.97. The van der Waals surface area contributed by atoms with Crippen LogP contribution in [0.3, 0.4) is 0 Å². The van der Waals surface area contributed by atoms with Crippen LogP contribution >= 0.6 is 11.3 Å². The highest BCUT2D eigenvalue weighted by Crippen LogP contribution is 2.31. The van der Waals surface area contributed by atoms with E-state index in [2.05, 4.69) is 50.1 Å². The summed E-state index contributed by atoms with van der Waals surface area (Å²) in [5, 5.41) is 4.17. The number of para-hydroxylation sites is 1. The molecule has 4 heteroatoms. The molecule has 1 aromatic carbocycles. The molecule has 2 rings (SSSR count). The van der Waals surface area contributed by atoms with Crippen LogP contribution < -0.4 is 10.1 Å². The first-order chi connectivity index (χ1) is 9.50. The van der Waals surface area contributed by atoms with E-state index in [1.54, 1.807) is 11.3 Å². The van der Waals surface area contributed by atoms with Crippen LogP contribution in [0.2, 0.25) is 0 Å². The van der Waals surface area contributed by atoms with Crippen molar-refractivity contribution in [3.8, 4) is 5.75 Å². The summed E-state index contributed by atoms with van der Waals surface area (Å²) in [7, 11) is 0. The van der Waals surface area contributed by atoms with Gasteiger partial charge < -0.3 is 10.1 Å². The lowest BCUT2D eigenvalue weighted by Gasteiger charge is -2.22. The first-order valence-electron chi connectivity index (χ1n) is 6.91. The lowest BCUT2D eigenvalue weighted by molar-refractivity contribution is 0.300. The molecule has 0 fully saturated rings. The lowest BCUT2D eigenvalue weighted by Crippen LogP contribution is -2.13. The minimum atomic E-state index is 0.0826. The largest absolute Gasteiger partial charge is 0.488 e. The van der Waals surface area contributed by atoms with Gasteiger partial charge in [-0.2, -0.15) is 0 Å². The van der Waals surface area contributed by atoms with Gasteiger partial charge in [0.05, 0.1) is 4.88 Å². The Hall–Kier alpha value is -1.55. The molecule has 0 unspecified atom stereocenters. The highest BCUT2D eigenvalue weighted by molar-refractivity contribution is 7.15. The van der Waals surface area contributed by atoms with Crippen molar-refractivity contribution in [1.82, 2.24) is 4.98 Å². The van der Waals surface area contributed by atoms with E-state index in [0.29, 0.717) is 6.61 Å². The Bertz CT molecular complexity index is 558. The fraction of sp³-hybridized carbons (Fsp3) is 0.438. The number of anilines is 1. The molecule has 0 aliphatic heterocycles. The van der Waals surface area contributed by atoms with Crippen LogP contribution in [0.5, 0.6) is 5.75 Å². The fourth-order valence-corrected chi connectivity index (χ4v) is 2.76. The molecule has 108 valence electrons. The summed E-state index contributed by atoms with van der Waals surface area (Å²) in [6, 6.07) is 8.24. The van der Waals surface area contributed by atoms with Crippen molar-refractivity contribution in [2.75, 3.05) is 11.9 Å². The van der Waals surface area contributed by atoms with Crippen LogP contribution in [0.4, 0.5) is 5.13 Å². The van der Waals surface area contributed by atoms with Gasteiger partial charge in [-0.1, -0.05) is 50.3 Å². The highest BCUT2D eigenvalue weighted by Gasteiger charge is 2.18. The number of nitrogens with zero attached hydrogens (tertiary/aromatic N) is 1. The zero-order valence-corrected chi connectivity index (χ0v) is 13.4. The van der Waals surface area contributed by atoms with Crippen LogP contribution in [0.25, 0.3) is 0 Å². The predicted octanol–water partition coefficient (Wildman–Crippen LogP) is 4.45. The van der Waals surface area contributed by atoms with Gasteiger partial charge in [-0.05, 0) is 24.0 Å². The van der Waals surface area contributed by atoms with Gasteiger partial charge in [-0.3, -0.25) is 0 Å². The summed E-state index contributed by atoms with van der Waals surface area (Å²) in [6.45, 7) is 10.1. The Morgan fingerprint density at radius 3 is 2.70 bits per heavy atom. The average molecular weight is 290 g/mol. The molecule has 0 bridgehead atoms. The summed E-state index contributed by atoms with van der Waals surface area (Å²) in [5.41, 5.74) is 1.32. The Kier molecular flexibility index (Phi) is 4.65. The minimum Gasteiger partial charge on any atom is -0.488 e. The van der Waals surface area contributed by atoms with E-state index in [4.69, 9.17) is 4.74 Å². The second-order valence-corrected chi connectivity index (χ2v) is 6.81. The van der Waals surface area contributed by atoms with Gasteiger partial charge in [0, 0.05) is 12.7 Å². The van der Waals surface area contributed by atoms with E-state index in [-0.39, 0.29) is 5.41 Å². The van der Waals surface area contributed by atoms with Crippen molar-refractivity contribution in [3.05, 3.63) is 40.9 Å². The molecule has 0 spiro atoms. The third-order valence-corrected chi connectivity index (χ3v) is 3.88. The molecule has 0 atom stereocenters. The summed E-state index contributed by atoms with van der Waals surface area (Å²) in [5.74, 6) is 0.957. The van der Waals surface area contributed by atoms with Crippen LogP contribution in [0.1, 0.15) is 38.1 Å². The monoisotopic (exact) mass is 290 g/mol. The Morgan fingerprint density at radius 1 is 1.25 bits per heavy atom. The molecule has 1 N–H and O–H groups in total. The van der Waals surface area contributed by atoms with Crippen LogP contribution in [0, 0.1) is 0 Å². The molecule has 20 heavy (non-hydrogen) atoms. The van der Waals surface area contributed by atoms with Crippen LogP contribution in [0.15, 0.2) is 30.5 Å². The van der Waals surface area contributed by atoms with E-state index in [1.807, 2.05) is 18.3 Å². The maximum Gasteiger partial charge on any atom is 0.182 e. The molecule has 0 amide bonds. The Morgan fingerprint density at radius 2 is 2.00 bits per heavy atom. The van der Waals surface area contributed by atoms with Crippen molar-refractivity contribution < 1.29 is 4.74 Å². The zero-order valence-electron chi connectivity index (χ0n) is 12.6. The number of hydrogen-bond acceptors (Lipinski definition) is 4. The van der Waals surface area contributed by atoms with Gasteiger partial charge in [-0.15, -0.1) is 0 Å². The lowest BCUT2D eigenvalue weighted by atomic mass is 9.86. The number of aromatic nitrogens is 1. The van der Waals surface area contributed by atoms with Gasteiger partial charge in [-0.25, -0.2) is 4.98 Å². The van der Waals surface area contributed by atoms with E-state index >= 15 is 0 Å². The molecular weight excluding hydrogens is 268 g/mol. The van der Waals surface area contributed by atoms with Crippen molar-refractivity contribution in [2.45, 2.75) is 39.7 Å². The highest BCUT2D eigenvalue weighted by atomic mass is 32.1. The third kappa shape index (κ3) is 3.73. The van der Waals surface area contributed by atoms with Crippen LogP contribution in [-0.4, -0.2) is 11.5 Å². The SMILES string of the molecule is CCNc1ncc(COc2ccccc2C(C)(C)C)s1. The summed E-state index contributed by atoms with van der Waals surface area (Å²) in [4.78, 5) is 5.45. The molecular formula is C16H22N2OS. The summed E-state index contributed by atoms with van der Waals surface area (Å²) < 4.78 is 5.98. The zero-order chi connectivity index (χ0) is 14.6. The quantitative estimate of drug-likeness (QED) is 0.883. The molecule has 0 saturated carbocycles. The van der Waals surface area contributed by atoms with Gasteiger partial charge in [0.15, 0.2) is 5.13 Å². The molecule has 0 radical (unpaired) electrons. The standard InChI is InChI=1S/C16H22N2OS/c1-5-17-15-18-10-12(20-15)11-19-14-9-7-6-8-13(14)16(2,3)4/h6-10H,5,11H2,1-4H3,(H,17,18). The van der Waals surface area contributed by atoms with Gasteiger partial charge >= 0.3 is 0 Å². The summed E-state index contributed by atoms with van der Waals surface area (Å²) in [6.07, 6.45) is 1.88. The second-order valence-electron chi connectivity index (χ2n) is 5.70. The van der Waals surface area contributed by atoms with E-state index in [0.717, 1.165) is 22.3 Å². The van der Waals surface area contributed by atoms with E-state index in [1.165, 1.54) is 5.56 Å². The van der Waals surface area contributed by atoms with Crippen molar-refractivity contribution in [3.63, 3.8) is 0 Å². The first kappa shape index (κ1) is 14.9. The molecule has 1 aromatic heterocycles. The third-order valence-electron chi connectivity index (χ3n) is 2.95. The number of nitrogens with one attached hydrogen (secondary N) is 1. The second kappa shape index (κ2) is 6.27. The van der Waals surface area contributed by atoms with Gasteiger partial charge in [0.1, 0.15) is 12.4 Å². The Balaban J connectivity index is 2.07. The van der Waals surface area contributed by atoms with Crippen molar-refractivity contribution in [1.29, 1.82) is 0 Å². The number of rotatable bonds is 5. The maximum absolute atomic E-state index is 5.98. The molecule has 0 saturated heterocycles. The first-order valence-corrected chi connectivity index (χ1v) is 7.73. The number of hydrogen-bond donors (Lipinski definition) is 1. The molecule has 0 aliphatic carbocycles. The average Bonchev–Trinajstić information content (AvgIpc) is 2.84. The molecule has 2 aromatic rings. The maximum atomic E-state index is 5.98. The topological polar surface area (TPSA) is 34.2 Å². The van der Waals surface area contributed by atoms with Crippen molar-refractivity contribution >= 4 is 16.5 Å². The van der Waals surface area contributed by atoms with Gasteiger partial charge in [0.25, 0.3) is 0 Å². The minimum absolute atomic E-state index is 0.0826. The Labute approximate surface area is 125 Å². The van der Waals surface area contributed by atoms with E-state index < -0.39 is 0 Å². The molecule has 3 nitrogen and oxygen atoms in total. The smallest absolute Gasteiger partial charge is 0.182 e. The summed E-state index contributed by atoms with van der Waals surface area (Å²) >= 11 is 1.64. The van der Waals surface area contributed by atoms with E-state index in [9.17, 15) is 0 Å². The molecule has 1 heterocycles. The number of thiazole rings is 1. The molecule has 0 aliphatic rings.